The minimum Gasteiger partial charge on any atom is -0.507 e. The number of esters is 1. The van der Waals surface area contributed by atoms with Crippen LogP contribution in [0, 0.1) is 0 Å². The van der Waals surface area contributed by atoms with Crippen molar-refractivity contribution in [2.24, 2.45) is 9.98 Å². The molecule has 0 aromatic heterocycles. The molecule has 0 bridgehead atoms. The van der Waals surface area contributed by atoms with Crippen molar-refractivity contribution in [3.8, 4) is 23.0 Å². The van der Waals surface area contributed by atoms with Gasteiger partial charge in [0.25, 0.3) is 0 Å². The third-order valence-corrected chi connectivity index (χ3v) is 7.83. The molecular formula is C40H32N2O5. The fraction of sp³-hybridized carbons (Fsp3) is 0.0750. The van der Waals surface area contributed by atoms with Crippen LogP contribution in [0.1, 0.15) is 35.1 Å². The summed E-state index contributed by atoms with van der Waals surface area (Å²) in [5.74, 6) is -0.373. The Morgan fingerprint density at radius 1 is 0.745 bits per heavy atom. The molecule has 232 valence electrons. The number of ether oxygens (including phenoxy) is 2. The number of nitrogens with zero attached hydrogens (tertiary/aromatic N) is 2. The number of carbonyl (C=O) groups excluding carboxylic acids is 1. The van der Waals surface area contributed by atoms with Gasteiger partial charge in [0.05, 0.1) is 30.1 Å². The minimum atomic E-state index is -0.578. The number of fused-ring (bicyclic) bond motifs is 1. The monoisotopic (exact) mass is 620 g/mol. The van der Waals surface area contributed by atoms with Crippen LogP contribution in [0.4, 0.5) is 11.4 Å². The summed E-state index contributed by atoms with van der Waals surface area (Å²) in [5, 5.41) is 23.7. The number of aliphatic imine (C=N–C) groups is 2. The highest BCUT2D eigenvalue weighted by Gasteiger charge is 2.20. The Hall–Kier alpha value is -6.21. The van der Waals surface area contributed by atoms with Crippen LogP contribution in [0.2, 0.25) is 0 Å². The summed E-state index contributed by atoms with van der Waals surface area (Å²) in [6.07, 6.45) is 1.50. The van der Waals surface area contributed by atoms with Gasteiger partial charge in [0.15, 0.2) is 11.5 Å². The fourth-order valence-electron chi connectivity index (χ4n) is 5.17. The first-order valence-corrected chi connectivity index (χ1v) is 15.1. The molecule has 0 aliphatic rings. The zero-order chi connectivity index (χ0) is 32.8. The van der Waals surface area contributed by atoms with E-state index in [0.29, 0.717) is 28.2 Å². The lowest BCUT2D eigenvalue weighted by Gasteiger charge is -2.14. The first-order valence-electron chi connectivity index (χ1n) is 15.1. The van der Waals surface area contributed by atoms with Crippen LogP contribution >= 0.6 is 0 Å². The molecule has 0 amide bonds. The van der Waals surface area contributed by atoms with E-state index in [1.165, 1.54) is 6.21 Å². The normalized spacial score (nSPS) is 12.3. The van der Waals surface area contributed by atoms with Crippen LogP contribution in [0.3, 0.4) is 0 Å². The van der Waals surface area contributed by atoms with Crippen molar-refractivity contribution in [1.82, 2.24) is 0 Å². The van der Waals surface area contributed by atoms with E-state index < -0.39 is 11.9 Å². The minimum absolute atomic E-state index is 0.0357. The number of para-hydroxylation sites is 4. The van der Waals surface area contributed by atoms with E-state index in [9.17, 15) is 15.0 Å². The maximum absolute atomic E-state index is 13.2. The first-order chi connectivity index (χ1) is 22.9. The lowest BCUT2D eigenvalue weighted by molar-refractivity contribution is -0.135. The van der Waals surface area contributed by atoms with E-state index in [0.717, 1.165) is 27.6 Å². The Kier molecular flexibility index (Phi) is 9.06. The molecule has 1 atom stereocenters. The number of aromatic hydroxyl groups is 2. The predicted octanol–water partition coefficient (Wildman–Crippen LogP) is 8.89. The van der Waals surface area contributed by atoms with Crippen LogP contribution in [0.5, 0.6) is 23.0 Å². The summed E-state index contributed by atoms with van der Waals surface area (Å²) in [6, 6.07) is 40.5. The topological polar surface area (TPSA) is 101 Å². The van der Waals surface area contributed by atoms with E-state index in [1.807, 2.05) is 103 Å². The molecule has 0 fully saturated rings. The summed E-state index contributed by atoms with van der Waals surface area (Å²) in [4.78, 5) is 22.8. The van der Waals surface area contributed by atoms with Crippen molar-refractivity contribution in [2.45, 2.75) is 12.8 Å². The van der Waals surface area contributed by atoms with Gasteiger partial charge in [-0.15, -0.1) is 0 Å². The Morgan fingerprint density at radius 3 is 2.23 bits per heavy atom. The number of phenols is 2. The molecule has 7 nitrogen and oxygen atoms in total. The number of phenolic OH excluding ortho intramolecular Hbond substituents is 2. The number of hydrogen-bond donors (Lipinski definition) is 2. The fourth-order valence-corrected chi connectivity index (χ4v) is 5.17. The molecule has 0 saturated heterocycles. The zero-order valence-corrected chi connectivity index (χ0v) is 25.9. The number of rotatable bonds is 9. The molecular weight excluding hydrogens is 588 g/mol. The summed E-state index contributed by atoms with van der Waals surface area (Å²) in [6.45, 7) is 1.77. The molecule has 6 rings (SSSR count). The Bertz CT molecular complexity index is 2120. The van der Waals surface area contributed by atoms with Gasteiger partial charge in [0.1, 0.15) is 11.5 Å². The van der Waals surface area contributed by atoms with Gasteiger partial charge in [-0.2, -0.15) is 0 Å². The summed E-state index contributed by atoms with van der Waals surface area (Å²) in [7, 11) is 1.62. The highest BCUT2D eigenvalue weighted by atomic mass is 16.5. The van der Waals surface area contributed by atoms with Crippen molar-refractivity contribution in [3.63, 3.8) is 0 Å². The molecule has 6 aromatic rings. The summed E-state index contributed by atoms with van der Waals surface area (Å²) >= 11 is 0. The molecule has 0 spiro atoms. The number of methoxy groups -OCH3 is 1. The van der Waals surface area contributed by atoms with Gasteiger partial charge < -0.3 is 19.7 Å². The van der Waals surface area contributed by atoms with Gasteiger partial charge in [-0.25, -0.2) is 4.99 Å². The standard InChI is InChI=1S/C40H32N2O5/c1-26(28-19-20-30-24-32(46-2)22-21-29(30)23-28)40(45)47-37-18-10-13-31(39(37)44)25-41-34-15-7-8-16-35(34)42-38(27-11-4-3-5-12-27)33-14-6-9-17-36(33)43/h3-26,43-44H,1-2H3/t26-/m0/s1. The SMILES string of the molecule is COc1ccc2cc([C@H](C)C(=O)Oc3cccc(C=Nc4ccccc4N=C(c4ccccc4)c4ccccc4O)c3O)ccc2c1. The Balaban J connectivity index is 1.25. The molecule has 0 unspecified atom stereocenters. The molecule has 6 aromatic carbocycles. The molecule has 0 heterocycles. The first kappa shape index (κ1) is 30.8. The number of hydrogen-bond acceptors (Lipinski definition) is 7. The largest absolute Gasteiger partial charge is 0.507 e. The molecule has 0 radical (unpaired) electrons. The maximum atomic E-state index is 13.2. The van der Waals surface area contributed by atoms with Crippen LogP contribution in [-0.2, 0) is 4.79 Å². The smallest absolute Gasteiger partial charge is 0.318 e. The molecule has 7 heteroatoms. The van der Waals surface area contributed by atoms with Crippen LogP contribution < -0.4 is 9.47 Å². The zero-order valence-electron chi connectivity index (χ0n) is 25.9. The number of benzene rings is 6. The molecule has 0 saturated carbocycles. The van der Waals surface area contributed by atoms with Gasteiger partial charge in [-0.05, 0) is 71.8 Å². The highest BCUT2D eigenvalue weighted by molar-refractivity contribution is 6.15. The van der Waals surface area contributed by atoms with Gasteiger partial charge in [0.2, 0.25) is 0 Å². The predicted molar refractivity (Wildman–Crippen MR) is 186 cm³/mol. The maximum Gasteiger partial charge on any atom is 0.318 e. The second kappa shape index (κ2) is 13.8. The molecule has 47 heavy (non-hydrogen) atoms. The lowest BCUT2D eigenvalue weighted by atomic mass is 9.98. The number of carbonyl (C=O) groups is 1. The van der Waals surface area contributed by atoms with Gasteiger partial charge in [-0.3, -0.25) is 9.79 Å². The van der Waals surface area contributed by atoms with Crippen molar-refractivity contribution in [1.29, 1.82) is 0 Å². The van der Waals surface area contributed by atoms with Crippen LogP contribution in [0.15, 0.2) is 143 Å². The second-order valence-electron chi connectivity index (χ2n) is 10.9. The Morgan fingerprint density at radius 2 is 1.45 bits per heavy atom. The third kappa shape index (κ3) is 6.89. The van der Waals surface area contributed by atoms with Crippen molar-refractivity contribution in [2.75, 3.05) is 7.11 Å². The lowest BCUT2D eigenvalue weighted by Crippen LogP contribution is -2.16. The van der Waals surface area contributed by atoms with E-state index in [2.05, 4.69) is 4.99 Å². The summed E-state index contributed by atoms with van der Waals surface area (Å²) < 4.78 is 11.0. The quantitative estimate of drug-likeness (QED) is 0.0955. The summed E-state index contributed by atoms with van der Waals surface area (Å²) in [5.41, 5.74) is 4.27. The highest BCUT2D eigenvalue weighted by Crippen LogP contribution is 2.34. The second-order valence-corrected chi connectivity index (χ2v) is 10.9. The average Bonchev–Trinajstić information content (AvgIpc) is 3.11. The van der Waals surface area contributed by atoms with Crippen LogP contribution in [0.25, 0.3) is 10.8 Å². The molecule has 0 aliphatic heterocycles. The van der Waals surface area contributed by atoms with E-state index in [4.69, 9.17) is 14.5 Å². The van der Waals surface area contributed by atoms with Crippen molar-refractivity contribution in [3.05, 3.63) is 156 Å². The third-order valence-electron chi connectivity index (χ3n) is 7.83. The molecule has 0 aliphatic carbocycles. The molecule has 2 N–H and O–H groups in total. The van der Waals surface area contributed by atoms with Gasteiger partial charge in [-0.1, -0.05) is 84.9 Å². The van der Waals surface area contributed by atoms with Crippen molar-refractivity contribution < 1.29 is 24.5 Å². The van der Waals surface area contributed by atoms with Crippen LogP contribution in [-0.4, -0.2) is 35.2 Å². The van der Waals surface area contributed by atoms with Gasteiger partial charge in [0, 0.05) is 22.9 Å². The van der Waals surface area contributed by atoms with Crippen molar-refractivity contribution >= 4 is 40.0 Å². The van der Waals surface area contributed by atoms with E-state index >= 15 is 0 Å². The van der Waals surface area contributed by atoms with Gasteiger partial charge >= 0.3 is 5.97 Å². The van der Waals surface area contributed by atoms with E-state index in [1.54, 1.807) is 44.4 Å². The Labute approximate surface area is 272 Å². The average molecular weight is 621 g/mol. The van der Waals surface area contributed by atoms with E-state index in [-0.39, 0.29) is 17.2 Å².